The molecular weight excluding hydrogens is 164 g/mol. The van der Waals surface area contributed by atoms with Gasteiger partial charge < -0.3 is 9.47 Å². The quantitative estimate of drug-likeness (QED) is 0.560. The van der Waals surface area contributed by atoms with E-state index in [0.717, 1.165) is 19.1 Å². The molecule has 0 aromatic carbocycles. The van der Waals surface area contributed by atoms with Gasteiger partial charge in [0.15, 0.2) is 0 Å². The third kappa shape index (κ3) is 6.60. The lowest BCUT2D eigenvalue weighted by molar-refractivity contribution is -0.0424. The van der Waals surface area contributed by atoms with E-state index < -0.39 is 0 Å². The summed E-state index contributed by atoms with van der Waals surface area (Å²) < 4.78 is 10.4. The molecule has 0 N–H and O–H groups in total. The second-order valence-corrected chi connectivity index (χ2v) is 2.41. The van der Waals surface area contributed by atoms with Gasteiger partial charge in [0.2, 0.25) is 6.29 Å². The van der Waals surface area contributed by atoms with Crippen LogP contribution in [0.15, 0.2) is 0 Å². The number of ether oxygens (including phenoxy) is 2. The van der Waals surface area contributed by atoms with Crippen molar-refractivity contribution in [2.75, 3.05) is 19.1 Å². The fourth-order valence-corrected chi connectivity index (χ4v) is 0.853. The van der Waals surface area contributed by atoms with Crippen molar-refractivity contribution in [3.63, 3.8) is 0 Å². The molecule has 0 saturated carbocycles. The van der Waals surface area contributed by atoms with Gasteiger partial charge in [-0.05, 0) is 20.3 Å². The van der Waals surface area contributed by atoms with Crippen molar-refractivity contribution in [3.8, 4) is 0 Å². The zero-order chi connectivity index (χ0) is 8.53. The number of hydrogen-bond acceptors (Lipinski definition) is 2. The van der Waals surface area contributed by atoms with Crippen LogP contribution in [0.4, 0.5) is 0 Å². The largest absolute Gasteiger partial charge is 0.346 e. The Labute approximate surface area is 73.8 Å². The Morgan fingerprint density at radius 3 is 2.09 bits per heavy atom. The molecule has 11 heavy (non-hydrogen) atoms. The van der Waals surface area contributed by atoms with E-state index in [2.05, 4.69) is 0 Å². The first-order valence-corrected chi connectivity index (χ1v) is 4.56. The minimum atomic E-state index is 0.656. The first-order valence-electron chi connectivity index (χ1n) is 4.02. The summed E-state index contributed by atoms with van der Waals surface area (Å²) in [5, 5.41) is 0. The van der Waals surface area contributed by atoms with E-state index in [9.17, 15) is 0 Å². The second kappa shape index (κ2) is 8.31. The van der Waals surface area contributed by atoms with Crippen LogP contribution in [0.1, 0.15) is 26.7 Å². The van der Waals surface area contributed by atoms with Crippen LogP contribution in [0.3, 0.4) is 0 Å². The predicted molar refractivity (Wildman–Crippen MR) is 46.4 cm³/mol. The van der Waals surface area contributed by atoms with Gasteiger partial charge in [-0.3, -0.25) is 0 Å². The van der Waals surface area contributed by atoms with E-state index in [1.807, 2.05) is 13.8 Å². The summed E-state index contributed by atoms with van der Waals surface area (Å²) in [6, 6.07) is 0. The summed E-state index contributed by atoms with van der Waals surface area (Å²) in [7, 11) is 0. The van der Waals surface area contributed by atoms with E-state index in [1.165, 1.54) is 0 Å². The number of hydrogen-bond donors (Lipinski definition) is 0. The van der Waals surface area contributed by atoms with Crippen LogP contribution < -0.4 is 0 Å². The van der Waals surface area contributed by atoms with Crippen molar-refractivity contribution in [1.29, 1.82) is 0 Å². The summed E-state index contributed by atoms with van der Waals surface area (Å²) in [5.74, 6) is 0.656. The monoisotopic (exact) mass is 179 g/mol. The molecule has 2 nitrogen and oxygen atoms in total. The molecule has 0 atom stereocenters. The molecule has 0 aliphatic rings. The van der Waals surface area contributed by atoms with E-state index in [1.54, 1.807) is 0 Å². The van der Waals surface area contributed by atoms with Crippen molar-refractivity contribution in [1.82, 2.24) is 0 Å². The van der Waals surface area contributed by atoms with Crippen LogP contribution in [0.5, 0.6) is 0 Å². The van der Waals surface area contributed by atoms with E-state index in [0.29, 0.717) is 19.1 Å². The zero-order valence-electron chi connectivity index (χ0n) is 7.23. The first-order chi connectivity index (χ1) is 5.35. The highest BCUT2D eigenvalue weighted by atomic mass is 35.5. The summed E-state index contributed by atoms with van der Waals surface area (Å²) in [6.45, 7) is 5.22. The molecule has 0 fully saturated rings. The molecule has 67 valence electrons. The SMILES string of the molecule is CCO[C](CCCCl)OCC. The molecular formula is C8H16ClO2. The van der Waals surface area contributed by atoms with Crippen LogP contribution in [0, 0.1) is 6.29 Å². The average molecular weight is 180 g/mol. The molecule has 1 radical (unpaired) electrons. The standard InChI is InChI=1S/C8H16ClO2/c1-3-10-8(11-4-2)6-5-7-9/h3-7H2,1-2H3. The third-order valence-electron chi connectivity index (χ3n) is 1.13. The minimum absolute atomic E-state index is 0.656. The smallest absolute Gasteiger partial charge is 0.223 e. The lowest BCUT2D eigenvalue weighted by Crippen LogP contribution is -2.08. The van der Waals surface area contributed by atoms with Crippen LogP contribution >= 0.6 is 11.6 Å². The lowest BCUT2D eigenvalue weighted by atomic mass is 10.3. The molecule has 3 heteroatoms. The van der Waals surface area contributed by atoms with E-state index in [-0.39, 0.29) is 0 Å². The summed E-state index contributed by atoms with van der Waals surface area (Å²) in [6.07, 6.45) is 2.44. The Morgan fingerprint density at radius 1 is 1.18 bits per heavy atom. The van der Waals surface area contributed by atoms with Crippen molar-refractivity contribution >= 4 is 11.6 Å². The fourth-order valence-electron chi connectivity index (χ4n) is 0.719. The van der Waals surface area contributed by atoms with Gasteiger partial charge in [0.25, 0.3) is 0 Å². The molecule has 0 unspecified atom stereocenters. The number of halogens is 1. The normalized spacial score (nSPS) is 10.9. The summed E-state index contributed by atoms with van der Waals surface area (Å²) >= 11 is 5.52. The highest BCUT2D eigenvalue weighted by Crippen LogP contribution is 2.12. The maximum absolute atomic E-state index is 5.52. The molecule has 0 aromatic heterocycles. The maximum atomic E-state index is 5.52. The molecule has 0 heterocycles. The number of alkyl halides is 1. The molecule has 0 bridgehead atoms. The maximum Gasteiger partial charge on any atom is 0.223 e. The second-order valence-electron chi connectivity index (χ2n) is 2.03. The average Bonchev–Trinajstić information content (AvgIpc) is 2.01. The Balaban J connectivity index is 3.34. The van der Waals surface area contributed by atoms with E-state index in [4.69, 9.17) is 21.1 Å². The van der Waals surface area contributed by atoms with Crippen molar-refractivity contribution in [3.05, 3.63) is 6.29 Å². The molecule has 0 aliphatic carbocycles. The van der Waals surface area contributed by atoms with Gasteiger partial charge in [-0.2, -0.15) is 0 Å². The van der Waals surface area contributed by atoms with Gasteiger partial charge in [-0.1, -0.05) is 0 Å². The van der Waals surface area contributed by atoms with Gasteiger partial charge in [0, 0.05) is 25.5 Å². The van der Waals surface area contributed by atoms with Crippen LogP contribution in [0.2, 0.25) is 0 Å². The first kappa shape index (κ1) is 11.2. The Morgan fingerprint density at radius 2 is 1.73 bits per heavy atom. The van der Waals surface area contributed by atoms with Gasteiger partial charge in [0.1, 0.15) is 0 Å². The fraction of sp³-hybridized carbons (Fsp3) is 0.875. The van der Waals surface area contributed by atoms with Crippen molar-refractivity contribution in [2.45, 2.75) is 26.7 Å². The molecule has 0 rings (SSSR count). The van der Waals surface area contributed by atoms with Gasteiger partial charge >= 0.3 is 0 Å². The van der Waals surface area contributed by atoms with Crippen molar-refractivity contribution in [2.24, 2.45) is 0 Å². The highest BCUT2D eigenvalue weighted by Gasteiger charge is 2.08. The Bertz CT molecular complexity index is 72.5. The van der Waals surface area contributed by atoms with Gasteiger partial charge in [-0.25, -0.2) is 0 Å². The van der Waals surface area contributed by atoms with Gasteiger partial charge in [-0.15, -0.1) is 11.6 Å². The van der Waals surface area contributed by atoms with E-state index >= 15 is 0 Å². The minimum Gasteiger partial charge on any atom is -0.346 e. The topological polar surface area (TPSA) is 18.5 Å². The predicted octanol–water partition coefficient (Wildman–Crippen LogP) is 2.57. The van der Waals surface area contributed by atoms with Crippen molar-refractivity contribution < 1.29 is 9.47 Å². The molecule has 0 aromatic rings. The Kier molecular flexibility index (Phi) is 8.47. The van der Waals surface area contributed by atoms with Crippen LogP contribution in [-0.4, -0.2) is 19.1 Å². The van der Waals surface area contributed by atoms with Crippen LogP contribution in [-0.2, 0) is 9.47 Å². The molecule has 0 amide bonds. The third-order valence-corrected chi connectivity index (χ3v) is 1.39. The summed E-state index contributed by atoms with van der Waals surface area (Å²) in [5.41, 5.74) is 0. The number of rotatable bonds is 7. The Hall–Kier alpha value is 0.210. The molecule has 0 saturated heterocycles. The molecule has 0 spiro atoms. The summed E-state index contributed by atoms with van der Waals surface area (Å²) in [4.78, 5) is 0. The van der Waals surface area contributed by atoms with Gasteiger partial charge in [0.05, 0.1) is 0 Å². The highest BCUT2D eigenvalue weighted by molar-refractivity contribution is 6.17. The lowest BCUT2D eigenvalue weighted by Gasteiger charge is -2.13. The molecule has 0 aliphatic heterocycles. The zero-order valence-corrected chi connectivity index (χ0v) is 7.99. The van der Waals surface area contributed by atoms with Crippen LogP contribution in [0.25, 0.3) is 0 Å².